The fourth-order valence-electron chi connectivity index (χ4n) is 1.88. The monoisotopic (exact) mass is 259 g/mol. The fourth-order valence-corrected chi connectivity index (χ4v) is 1.88. The normalized spacial score (nSPS) is 12.3. The van der Waals surface area contributed by atoms with E-state index in [-0.39, 0.29) is 0 Å². The Balaban J connectivity index is 2.02. The van der Waals surface area contributed by atoms with Crippen LogP contribution in [0.5, 0.6) is 0 Å². The Morgan fingerprint density at radius 3 is 2.53 bits per heavy atom. The molecule has 1 aromatic carbocycles. The maximum Gasteiger partial charge on any atom is 0.320 e. The first-order chi connectivity index (χ1) is 9.06. The van der Waals surface area contributed by atoms with Gasteiger partial charge in [-0.25, -0.2) is 4.98 Å². The van der Waals surface area contributed by atoms with E-state index in [0.717, 1.165) is 23.4 Å². The number of nitrogens with two attached hydrogens (primary N) is 1. The minimum atomic E-state index is -0.975. The summed E-state index contributed by atoms with van der Waals surface area (Å²) in [5, 5.41) is 8.76. The first-order valence-corrected chi connectivity index (χ1v) is 6.08. The number of rotatable bonds is 5. The molecule has 1 atom stereocenters. The number of hydrogen-bond donors (Lipinski definition) is 2. The summed E-state index contributed by atoms with van der Waals surface area (Å²) in [5.41, 5.74) is 7.57. The Morgan fingerprint density at radius 2 is 2.00 bits per heavy atom. The molecule has 1 unspecified atom stereocenters. The largest absolute Gasteiger partial charge is 0.480 e. The average Bonchev–Trinajstić information content (AvgIpc) is 2.77. The van der Waals surface area contributed by atoms with Crippen LogP contribution >= 0.6 is 0 Å². The molecule has 0 aliphatic rings. The molecule has 0 fully saturated rings. The van der Waals surface area contributed by atoms with Crippen LogP contribution in [-0.4, -0.2) is 26.7 Å². The summed E-state index contributed by atoms with van der Waals surface area (Å²) < 4.78 is 1.98. The van der Waals surface area contributed by atoms with Gasteiger partial charge in [-0.2, -0.15) is 0 Å². The number of benzene rings is 1. The predicted octanol–water partition coefficient (Wildman–Crippen LogP) is 0.965. The zero-order chi connectivity index (χ0) is 13.8. The Bertz CT molecular complexity index is 560. The topological polar surface area (TPSA) is 81.1 Å². The second-order valence-corrected chi connectivity index (χ2v) is 4.60. The number of carboxylic acids is 1. The van der Waals surface area contributed by atoms with Gasteiger partial charge in [-0.05, 0) is 17.5 Å². The van der Waals surface area contributed by atoms with Gasteiger partial charge in [0.1, 0.15) is 11.9 Å². The maximum absolute atomic E-state index is 10.7. The van der Waals surface area contributed by atoms with E-state index >= 15 is 0 Å². The lowest BCUT2D eigenvalue weighted by Crippen LogP contribution is -2.32. The summed E-state index contributed by atoms with van der Waals surface area (Å²) in [5.74, 6) is 0.0204. The van der Waals surface area contributed by atoms with Gasteiger partial charge in [0.2, 0.25) is 0 Å². The molecule has 0 aliphatic carbocycles. The molecule has 1 heterocycles. The standard InChI is InChI=1S/C14H17N3O2/c1-17-7-6-16-13(17)9-11-4-2-10(3-5-11)8-12(15)14(18)19/h2-7,12H,8-9,15H2,1H3,(H,18,19). The SMILES string of the molecule is Cn1ccnc1Cc1ccc(CC(N)C(=O)O)cc1. The third kappa shape index (κ3) is 3.42. The first kappa shape index (κ1) is 13.3. The molecule has 0 saturated heterocycles. The third-order valence-corrected chi connectivity index (χ3v) is 3.08. The van der Waals surface area contributed by atoms with Crippen LogP contribution in [0.15, 0.2) is 36.7 Å². The van der Waals surface area contributed by atoms with E-state index in [1.54, 1.807) is 6.20 Å². The van der Waals surface area contributed by atoms with Gasteiger partial charge in [0.25, 0.3) is 0 Å². The summed E-state index contributed by atoms with van der Waals surface area (Å²) in [6, 6.07) is 6.96. The van der Waals surface area contributed by atoms with Gasteiger partial charge in [0.05, 0.1) is 0 Å². The lowest BCUT2D eigenvalue weighted by atomic mass is 10.0. The van der Waals surface area contributed by atoms with Crippen molar-refractivity contribution in [2.75, 3.05) is 0 Å². The molecular formula is C14H17N3O2. The zero-order valence-electron chi connectivity index (χ0n) is 10.8. The molecule has 3 N–H and O–H groups in total. The van der Waals surface area contributed by atoms with Gasteiger partial charge in [0, 0.05) is 25.9 Å². The highest BCUT2D eigenvalue weighted by molar-refractivity contribution is 5.73. The lowest BCUT2D eigenvalue weighted by Gasteiger charge is -2.07. The predicted molar refractivity (Wildman–Crippen MR) is 71.8 cm³/mol. The van der Waals surface area contributed by atoms with E-state index in [1.165, 1.54) is 0 Å². The Kier molecular flexibility index (Phi) is 3.97. The van der Waals surface area contributed by atoms with Crippen LogP contribution in [0.4, 0.5) is 0 Å². The van der Waals surface area contributed by atoms with E-state index in [1.807, 2.05) is 42.1 Å². The maximum atomic E-state index is 10.7. The van der Waals surface area contributed by atoms with Gasteiger partial charge >= 0.3 is 5.97 Å². The van der Waals surface area contributed by atoms with Crippen molar-refractivity contribution in [2.45, 2.75) is 18.9 Å². The molecule has 0 bridgehead atoms. The molecule has 100 valence electrons. The highest BCUT2D eigenvalue weighted by atomic mass is 16.4. The summed E-state index contributed by atoms with van der Waals surface area (Å²) in [6.07, 6.45) is 4.79. The molecular weight excluding hydrogens is 242 g/mol. The first-order valence-electron chi connectivity index (χ1n) is 6.08. The third-order valence-electron chi connectivity index (χ3n) is 3.08. The summed E-state index contributed by atoms with van der Waals surface area (Å²) in [7, 11) is 1.96. The van der Waals surface area contributed by atoms with Crippen molar-refractivity contribution in [3.63, 3.8) is 0 Å². The van der Waals surface area contributed by atoms with Crippen molar-refractivity contribution in [3.8, 4) is 0 Å². The zero-order valence-corrected chi connectivity index (χ0v) is 10.8. The summed E-state index contributed by atoms with van der Waals surface area (Å²) in [4.78, 5) is 15.0. The number of aliphatic carboxylic acids is 1. The Hall–Kier alpha value is -2.14. The van der Waals surface area contributed by atoms with Crippen molar-refractivity contribution >= 4 is 5.97 Å². The van der Waals surface area contributed by atoms with Crippen LogP contribution in [0.2, 0.25) is 0 Å². The number of imidazole rings is 1. The van der Waals surface area contributed by atoms with Crippen molar-refractivity contribution < 1.29 is 9.90 Å². The number of aromatic nitrogens is 2. The fraction of sp³-hybridized carbons (Fsp3) is 0.286. The van der Waals surface area contributed by atoms with Crippen LogP contribution in [0.1, 0.15) is 17.0 Å². The molecule has 0 radical (unpaired) electrons. The quantitative estimate of drug-likeness (QED) is 0.838. The van der Waals surface area contributed by atoms with Gasteiger partial charge in [-0.15, -0.1) is 0 Å². The summed E-state index contributed by atoms with van der Waals surface area (Å²) in [6.45, 7) is 0. The minimum absolute atomic E-state index is 0.345. The van der Waals surface area contributed by atoms with Crippen LogP contribution in [0, 0.1) is 0 Å². The van der Waals surface area contributed by atoms with Crippen molar-refractivity contribution in [1.29, 1.82) is 0 Å². The molecule has 5 nitrogen and oxygen atoms in total. The molecule has 1 aromatic heterocycles. The van der Waals surface area contributed by atoms with Crippen molar-refractivity contribution in [3.05, 3.63) is 53.6 Å². The molecule has 19 heavy (non-hydrogen) atoms. The minimum Gasteiger partial charge on any atom is -0.480 e. The van der Waals surface area contributed by atoms with Gasteiger partial charge < -0.3 is 15.4 Å². The highest BCUT2D eigenvalue weighted by Crippen LogP contribution is 2.10. The Morgan fingerprint density at radius 1 is 1.37 bits per heavy atom. The van der Waals surface area contributed by atoms with E-state index in [9.17, 15) is 4.79 Å². The van der Waals surface area contributed by atoms with E-state index in [4.69, 9.17) is 10.8 Å². The van der Waals surface area contributed by atoms with Crippen LogP contribution in [0.25, 0.3) is 0 Å². The van der Waals surface area contributed by atoms with Gasteiger partial charge in [-0.1, -0.05) is 24.3 Å². The van der Waals surface area contributed by atoms with Crippen LogP contribution in [-0.2, 0) is 24.7 Å². The number of aryl methyl sites for hydroxylation is 1. The Labute approximate surface area is 111 Å². The van der Waals surface area contributed by atoms with E-state index in [2.05, 4.69) is 4.98 Å². The van der Waals surface area contributed by atoms with Crippen molar-refractivity contribution in [1.82, 2.24) is 9.55 Å². The molecule has 0 aliphatic heterocycles. The van der Waals surface area contributed by atoms with E-state index in [0.29, 0.717) is 6.42 Å². The molecule has 5 heteroatoms. The number of carbonyl (C=O) groups is 1. The van der Waals surface area contributed by atoms with Crippen molar-refractivity contribution in [2.24, 2.45) is 12.8 Å². The molecule has 0 saturated carbocycles. The molecule has 2 aromatic rings. The number of hydrogen-bond acceptors (Lipinski definition) is 3. The molecule has 2 rings (SSSR count). The molecule has 0 spiro atoms. The smallest absolute Gasteiger partial charge is 0.320 e. The second kappa shape index (κ2) is 5.67. The number of nitrogens with zero attached hydrogens (tertiary/aromatic N) is 2. The highest BCUT2D eigenvalue weighted by Gasteiger charge is 2.11. The lowest BCUT2D eigenvalue weighted by molar-refractivity contribution is -0.138. The van der Waals surface area contributed by atoms with Crippen LogP contribution < -0.4 is 5.73 Å². The summed E-state index contributed by atoms with van der Waals surface area (Å²) >= 11 is 0. The number of carboxylic acid groups (broad SMARTS) is 1. The van der Waals surface area contributed by atoms with Crippen LogP contribution in [0.3, 0.4) is 0 Å². The average molecular weight is 259 g/mol. The second-order valence-electron chi connectivity index (χ2n) is 4.60. The molecule has 0 amide bonds. The van der Waals surface area contributed by atoms with Gasteiger partial charge in [-0.3, -0.25) is 4.79 Å². The van der Waals surface area contributed by atoms with E-state index < -0.39 is 12.0 Å². The van der Waals surface area contributed by atoms with Gasteiger partial charge in [0.15, 0.2) is 0 Å².